The highest BCUT2D eigenvalue weighted by Gasteiger charge is 2.42. The monoisotopic (exact) mass is 291 g/mol. The molecule has 0 aromatic rings. The van der Waals surface area contributed by atoms with Gasteiger partial charge in [0.05, 0.1) is 0 Å². The smallest absolute Gasteiger partial charge is 0.225 e. The van der Waals surface area contributed by atoms with E-state index in [0.717, 1.165) is 44.4 Å². The standard InChI is InChI=1S/C18H29NO2/c1-12-6-8-16(9-7-12)19(2)18(21)15-10-13-4-3-5-14(11-15)17(13)20/h12-16H,3-11H2,1-2H3. The SMILES string of the molecule is CC1CCC(N(C)C(=O)C2CC3CCCC(C2)C3=O)CC1. The minimum absolute atomic E-state index is 0.113. The number of carbonyl (C=O) groups excluding carboxylic acids is 2. The molecule has 0 radical (unpaired) electrons. The van der Waals surface area contributed by atoms with E-state index in [9.17, 15) is 9.59 Å². The van der Waals surface area contributed by atoms with Crippen LogP contribution in [0.2, 0.25) is 0 Å². The molecular formula is C18H29NO2. The summed E-state index contributed by atoms with van der Waals surface area (Å²) in [4.78, 5) is 27.0. The van der Waals surface area contributed by atoms with Crippen LogP contribution in [-0.2, 0) is 9.59 Å². The van der Waals surface area contributed by atoms with Gasteiger partial charge in [-0.15, -0.1) is 0 Å². The molecule has 0 aromatic carbocycles. The maximum atomic E-state index is 12.8. The first-order chi connectivity index (χ1) is 10.1. The van der Waals surface area contributed by atoms with E-state index in [-0.39, 0.29) is 17.8 Å². The van der Waals surface area contributed by atoms with Gasteiger partial charge in [-0.25, -0.2) is 0 Å². The van der Waals surface area contributed by atoms with E-state index in [4.69, 9.17) is 0 Å². The highest BCUT2D eigenvalue weighted by atomic mass is 16.2. The average Bonchev–Trinajstić information content (AvgIpc) is 2.46. The van der Waals surface area contributed by atoms with Gasteiger partial charge in [-0.3, -0.25) is 9.59 Å². The molecular weight excluding hydrogens is 262 g/mol. The van der Waals surface area contributed by atoms with Gasteiger partial charge < -0.3 is 4.90 Å². The highest BCUT2D eigenvalue weighted by Crippen LogP contribution is 2.41. The summed E-state index contributed by atoms with van der Waals surface area (Å²) in [6.45, 7) is 2.31. The Morgan fingerprint density at radius 1 is 1.00 bits per heavy atom. The Morgan fingerprint density at radius 2 is 1.57 bits per heavy atom. The third-order valence-electron chi connectivity index (χ3n) is 6.28. The van der Waals surface area contributed by atoms with E-state index >= 15 is 0 Å². The zero-order chi connectivity index (χ0) is 15.0. The van der Waals surface area contributed by atoms with E-state index in [1.165, 1.54) is 19.3 Å². The minimum atomic E-state index is 0.113. The third-order valence-corrected chi connectivity index (χ3v) is 6.28. The molecule has 0 aromatic heterocycles. The molecule has 1 amide bonds. The van der Waals surface area contributed by atoms with Gasteiger partial charge in [0.25, 0.3) is 0 Å². The molecule has 0 spiro atoms. The van der Waals surface area contributed by atoms with E-state index in [1.807, 2.05) is 11.9 Å². The Kier molecular flexibility index (Phi) is 4.37. The number of amides is 1. The van der Waals surface area contributed by atoms with Gasteiger partial charge in [-0.2, -0.15) is 0 Å². The van der Waals surface area contributed by atoms with Crippen LogP contribution in [0.4, 0.5) is 0 Å². The van der Waals surface area contributed by atoms with Crippen molar-refractivity contribution in [3.63, 3.8) is 0 Å². The summed E-state index contributed by atoms with van der Waals surface area (Å²) >= 11 is 0. The van der Waals surface area contributed by atoms with Gasteiger partial charge in [-0.05, 0) is 57.3 Å². The number of rotatable bonds is 2. The maximum Gasteiger partial charge on any atom is 0.225 e. The number of hydrogen-bond acceptors (Lipinski definition) is 2. The van der Waals surface area contributed by atoms with Crippen LogP contribution in [0.1, 0.15) is 64.7 Å². The lowest BCUT2D eigenvalue weighted by molar-refractivity contribution is -0.144. The Bertz CT molecular complexity index is 395. The molecule has 2 unspecified atom stereocenters. The molecule has 2 atom stereocenters. The molecule has 21 heavy (non-hydrogen) atoms. The first kappa shape index (κ1) is 15.1. The van der Waals surface area contributed by atoms with Crippen molar-refractivity contribution < 1.29 is 9.59 Å². The molecule has 3 aliphatic carbocycles. The fourth-order valence-corrected chi connectivity index (χ4v) is 4.78. The second-order valence-electron chi connectivity index (χ2n) is 7.76. The largest absolute Gasteiger partial charge is 0.343 e. The Hall–Kier alpha value is -0.860. The topological polar surface area (TPSA) is 37.4 Å². The van der Waals surface area contributed by atoms with Crippen LogP contribution >= 0.6 is 0 Å². The van der Waals surface area contributed by atoms with Crippen LogP contribution in [0.15, 0.2) is 0 Å². The molecule has 3 rings (SSSR count). The summed E-state index contributed by atoms with van der Waals surface area (Å²) in [5.74, 6) is 2.08. The summed E-state index contributed by atoms with van der Waals surface area (Å²) < 4.78 is 0. The summed E-state index contributed by atoms with van der Waals surface area (Å²) in [6, 6.07) is 0.436. The molecule has 0 saturated heterocycles. The van der Waals surface area contributed by atoms with Crippen LogP contribution < -0.4 is 0 Å². The lowest BCUT2D eigenvalue weighted by Gasteiger charge is -2.40. The summed E-state index contributed by atoms with van der Waals surface area (Å²) in [7, 11) is 2.00. The van der Waals surface area contributed by atoms with Gasteiger partial charge in [-0.1, -0.05) is 13.3 Å². The van der Waals surface area contributed by atoms with Crippen LogP contribution in [0, 0.1) is 23.7 Å². The number of nitrogens with zero attached hydrogens (tertiary/aromatic N) is 1. The Balaban J connectivity index is 1.61. The van der Waals surface area contributed by atoms with Crippen molar-refractivity contribution in [3.05, 3.63) is 0 Å². The van der Waals surface area contributed by atoms with Crippen LogP contribution in [0.3, 0.4) is 0 Å². The Labute approximate surface area is 128 Å². The van der Waals surface area contributed by atoms with E-state index in [0.29, 0.717) is 17.7 Å². The van der Waals surface area contributed by atoms with Crippen molar-refractivity contribution >= 4 is 11.7 Å². The van der Waals surface area contributed by atoms with Crippen LogP contribution in [-0.4, -0.2) is 29.7 Å². The van der Waals surface area contributed by atoms with Gasteiger partial charge in [0.15, 0.2) is 0 Å². The summed E-state index contributed by atoms with van der Waals surface area (Å²) in [5.41, 5.74) is 0. The molecule has 3 nitrogen and oxygen atoms in total. The number of ketones is 1. The molecule has 0 heterocycles. The Morgan fingerprint density at radius 3 is 2.14 bits per heavy atom. The molecule has 3 saturated carbocycles. The molecule has 118 valence electrons. The first-order valence-electron chi connectivity index (χ1n) is 8.86. The predicted octanol–water partition coefficient (Wildman–Crippen LogP) is 3.42. The van der Waals surface area contributed by atoms with Crippen molar-refractivity contribution in [2.75, 3.05) is 7.05 Å². The average molecular weight is 291 g/mol. The maximum absolute atomic E-state index is 12.8. The van der Waals surface area contributed by atoms with Crippen LogP contribution in [0.25, 0.3) is 0 Å². The zero-order valence-corrected chi connectivity index (χ0v) is 13.5. The molecule has 3 fully saturated rings. The fraction of sp³-hybridized carbons (Fsp3) is 0.889. The van der Waals surface area contributed by atoms with Gasteiger partial charge in [0, 0.05) is 30.8 Å². The third kappa shape index (κ3) is 3.02. The van der Waals surface area contributed by atoms with Crippen LogP contribution in [0.5, 0.6) is 0 Å². The number of fused-ring (bicyclic) bond motifs is 2. The summed E-state index contributed by atoms with van der Waals surface area (Å²) in [6.07, 6.45) is 9.66. The van der Waals surface area contributed by atoms with E-state index in [2.05, 4.69) is 6.92 Å². The normalized spacial score (nSPS) is 39.9. The quantitative estimate of drug-likeness (QED) is 0.782. The number of Topliss-reactive ketones (excluding diaryl/α,β-unsaturated/α-hetero) is 1. The summed E-state index contributed by atoms with van der Waals surface area (Å²) in [5, 5.41) is 0. The fourth-order valence-electron chi connectivity index (χ4n) is 4.78. The second kappa shape index (κ2) is 6.10. The molecule has 2 bridgehead atoms. The lowest BCUT2D eigenvalue weighted by atomic mass is 9.67. The zero-order valence-electron chi connectivity index (χ0n) is 13.5. The second-order valence-corrected chi connectivity index (χ2v) is 7.76. The van der Waals surface area contributed by atoms with Crippen molar-refractivity contribution in [1.29, 1.82) is 0 Å². The van der Waals surface area contributed by atoms with E-state index < -0.39 is 0 Å². The predicted molar refractivity (Wildman–Crippen MR) is 82.8 cm³/mol. The highest BCUT2D eigenvalue weighted by molar-refractivity contribution is 5.88. The van der Waals surface area contributed by atoms with Crippen molar-refractivity contribution in [1.82, 2.24) is 4.90 Å². The molecule has 3 aliphatic rings. The van der Waals surface area contributed by atoms with Gasteiger partial charge in [0.1, 0.15) is 5.78 Å². The lowest BCUT2D eigenvalue weighted by Crippen LogP contribution is -2.46. The number of carbonyl (C=O) groups is 2. The molecule has 0 aliphatic heterocycles. The molecule has 0 N–H and O–H groups in total. The molecule has 3 heteroatoms. The van der Waals surface area contributed by atoms with Crippen molar-refractivity contribution in [2.24, 2.45) is 23.7 Å². The van der Waals surface area contributed by atoms with Gasteiger partial charge >= 0.3 is 0 Å². The minimum Gasteiger partial charge on any atom is -0.343 e. The number of hydrogen-bond donors (Lipinski definition) is 0. The first-order valence-corrected chi connectivity index (χ1v) is 8.86. The van der Waals surface area contributed by atoms with Crippen molar-refractivity contribution in [2.45, 2.75) is 70.8 Å². The van der Waals surface area contributed by atoms with Gasteiger partial charge in [0.2, 0.25) is 5.91 Å². The van der Waals surface area contributed by atoms with E-state index in [1.54, 1.807) is 0 Å². The van der Waals surface area contributed by atoms with Crippen molar-refractivity contribution in [3.8, 4) is 0 Å².